The molecule has 0 bridgehead atoms. The Bertz CT molecular complexity index is 725. The molecular formula is C25H33NO2. The molecule has 3 rings (SSSR count). The van der Waals surface area contributed by atoms with Crippen LogP contribution in [0.25, 0.3) is 11.1 Å². The lowest BCUT2D eigenvalue weighted by atomic mass is 9.98. The van der Waals surface area contributed by atoms with Crippen LogP contribution in [0.3, 0.4) is 0 Å². The average molecular weight is 380 g/mol. The Kier molecular flexibility index (Phi) is 7.53. The quantitative estimate of drug-likeness (QED) is 0.434. The van der Waals surface area contributed by atoms with Gasteiger partial charge >= 0.3 is 6.09 Å². The maximum atomic E-state index is 12.4. The fourth-order valence-corrected chi connectivity index (χ4v) is 4.10. The first kappa shape index (κ1) is 20.4. The lowest BCUT2D eigenvalue weighted by Gasteiger charge is -2.19. The Hall–Kier alpha value is -2.29. The van der Waals surface area contributed by atoms with E-state index in [9.17, 15) is 4.79 Å². The van der Waals surface area contributed by atoms with E-state index in [0.29, 0.717) is 6.61 Å². The van der Waals surface area contributed by atoms with Gasteiger partial charge in [-0.3, -0.25) is 0 Å². The number of carbonyl (C=O) groups is 1. The molecule has 3 heteroatoms. The SMILES string of the molecule is CCCCCCCCCN(C)C(=O)OCC1c2ccccc2-c2ccccc21. The van der Waals surface area contributed by atoms with Crippen molar-refractivity contribution in [3.63, 3.8) is 0 Å². The lowest BCUT2D eigenvalue weighted by Crippen LogP contribution is -2.29. The zero-order valence-corrected chi connectivity index (χ0v) is 17.3. The second-order valence-electron chi connectivity index (χ2n) is 7.85. The topological polar surface area (TPSA) is 29.5 Å². The van der Waals surface area contributed by atoms with E-state index in [2.05, 4.69) is 55.5 Å². The largest absolute Gasteiger partial charge is 0.448 e. The van der Waals surface area contributed by atoms with E-state index in [4.69, 9.17) is 4.74 Å². The number of hydrogen-bond acceptors (Lipinski definition) is 2. The van der Waals surface area contributed by atoms with Gasteiger partial charge in [0.25, 0.3) is 0 Å². The fraction of sp³-hybridized carbons (Fsp3) is 0.480. The summed E-state index contributed by atoms with van der Waals surface area (Å²) in [5, 5.41) is 0. The van der Waals surface area contributed by atoms with Gasteiger partial charge in [0.2, 0.25) is 0 Å². The van der Waals surface area contributed by atoms with E-state index < -0.39 is 0 Å². The average Bonchev–Trinajstić information content (AvgIpc) is 3.05. The van der Waals surface area contributed by atoms with Gasteiger partial charge in [0.05, 0.1) is 0 Å². The highest BCUT2D eigenvalue weighted by Gasteiger charge is 2.29. The molecule has 150 valence electrons. The van der Waals surface area contributed by atoms with Crippen molar-refractivity contribution in [1.29, 1.82) is 0 Å². The van der Waals surface area contributed by atoms with Crippen molar-refractivity contribution in [2.75, 3.05) is 20.2 Å². The van der Waals surface area contributed by atoms with Gasteiger partial charge in [-0.2, -0.15) is 0 Å². The molecule has 1 amide bonds. The summed E-state index contributed by atoms with van der Waals surface area (Å²) in [6.45, 7) is 3.40. The fourth-order valence-electron chi connectivity index (χ4n) is 4.10. The zero-order chi connectivity index (χ0) is 19.8. The number of rotatable bonds is 10. The summed E-state index contributed by atoms with van der Waals surface area (Å²) in [5.74, 6) is 0.128. The number of fused-ring (bicyclic) bond motifs is 3. The predicted octanol–water partition coefficient (Wildman–Crippen LogP) is 6.62. The van der Waals surface area contributed by atoms with Crippen molar-refractivity contribution in [3.8, 4) is 11.1 Å². The maximum absolute atomic E-state index is 12.4. The minimum Gasteiger partial charge on any atom is -0.448 e. The van der Waals surface area contributed by atoms with E-state index >= 15 is 0 Å². The number of nitrogens with zero attached hydrogens (tertiary/aromatic N) is 1. The third-order valence-corrected chi connectivity index (χ3v) is 5.74. The monoisotopic (exact) mass is 379 g/mol. The maximum Gasteiger partial charge on any atom is 0.409 e. The summed E-state index contributed by atoms with van der Waals surface area (Å²) in [4.78, 5) is 14.2. The summed E-state index contributed by atoms with van der Waals surface area (Å²) >= 11 is 0. The molecular weight excluding hydrogens is 346 g/mol. The van der Waals surface area contributed by atoms with E-state index in [0.717, 1.165) is 13.0 Å². The van der Waals surface area contributed by atoms with Crippen LogP contribution in [0.15, 0.2) is 48.5 Å². The van der Waals surface area contributed by atoms with Crippen LogP contribution in [-0.4, -0.2) is 31.2 Å². The van der Waals surface area contributed by atoms with Gasteiger partial charge in [0.15, 0.2) is 0 Å². The van der Waals surface area contributed by atoms with Gasteiger partial charge in [-0.15, -0.1) is 0 Å². The van der Waals surface area contributed by atoms with Crippen molar-refractivity contribution < 1.29 is 9.53 Å². The molecule has 0 spiro atoms. The van der Waals surface area contributed by atoms with Crippen LogP contribution in [0.4, 0.5) is 4.79 Å². The van der Waals surface area contributed by atoms with Crippen molar-refractivity contribution in [1.82, 2.24) is 4.90 Å². The molecule has 0 heterocycles. The lowest BCUT2D eigenvalue weighted by molar-refractivity contribution is 0.108. The number of amides is 1. The normalized spacial score (nSPS) is 12.5. The molecule has 2 aromatic carbocycles. The number of ether oxygens (including phenoxy) is 1. The van der Waals surface area contributed by atoms with Crippen LogP contribution in [0, 0.1) is 0 Å². The van der Waals surface area contributed by atoms with Crippen molar-refractivity contribution in [3.05, 3.63) is 59.7 Å². The molecule has 0 aromatic heterocycles. The van der Waals surface area contributed by atoms with Crippen LogP contribution in [-0.2, 0) is 4.74 Å². The molecule has 2 aromatic rings. The molecule has 0 aliphatic heterocycles. The number of benzene rings is 2. The second-order valence-corrected chi connectivity index (χ2v) is 7.85. The number of unbranched alkanes of at least 4 members (excludes halogenated alkanes) is 6. The highest BCUT2D eigenvalue weighted by Crippen LogP contribution is 2.44. The van der Waals surface area contributed by atoms with Crippen LogP contribution >= 0.6 is 0 Å². The zero-order valence-electron chi connectivity index (χ0n) is 17.3. The Labute approximate surface area is 169 Å². The third-order valence-electron chi connectivity index (χ3n) is 5.74. The molecule has 0 unspecified atom stereocenters. The Morgan fingerprint density at radius 2 is 1.39 bits per heavy atom. The first-order valence-electron chi connectivity index (χ1n) is 10.8. The van der Waals surface area contributed by atoms with Crippen LogP contribution in [0.2, 0.25) is 0 Å². The minimum atomic E-state index is -0.215. The second kappa shape index (κ2) is 10.3. The van der Waals surface area contributed by atoms with Crippen LogP contribution in [0.5, 0.6) is 0 Å². The van der Waals surface area contributed by atoms with E-state index in [1.54, 1.807) is 4.90 Å². The Morgan fingerprint density at radius 3 is 2.00 bits per heavy atom. The van der Waals surface area contributed by atoms with Crippen molar-refractivity contribution in [2.45, 2.75) is 57.8 Å². The summed E-state index contributed by atoms with van der Waals surface area (Å²) in [6, 6.07) is 16.9. The Balaban J connectivity index is 1.47. The first-order chi connectivity index (χ1) is 13.7. The molecule has 0 radical (unpaired) electrons. The molecule has 0 N–H and O–H groups in total. The molecule has 0 saturated carbocycles. The summed E-state index contributed by atoms with van der Waals surface area (Å²) in [6.07, 6.45) is 8.54. The van der Waals surface area contributed by atoms with E-state index in [-0.39, 0.29) is 12.0 Å². The van der Waals surface area contributed by atoms with Gasteiger partial charge in [-0.25, -0.2) is 4.79 Å². The van der Waals surface area contributed by atoms with Crippen molar-refractivity contribution >= 4 is 6.09 Å². The number of hydrogen-bond donors (Lipinski definition) is 0. The van der Waals surface area contributed by atoms with Crippen LogP contribution < -0.4 is 0 Å². The van der Waals surface area contributed by atoms with Gasteiger partial charge in [0.1, 0.15) is 6.61 Å². The number of carbonyl (C=O) groups excluding carboxylic acids is 1. The molecule has 0 atom stereocenters. The molecule has 28 heavy (non-hydrogen) atoms. The predicted molar refractivity (Wildman–Crippen MR) is 116 cm³/mol. The standard InChI is InChI=1S/C25H33NO2/c1-3-4-5-6-7-8-13-18-26(2)25(27)28-19-24-22-16-11-9-14-20(22)21-15-10-12-17-23(21)24/h9-12,14-17,24H,3-8,13,18-19H2,1-2H3. The van der Waals surface area contributed by atoms with Gasteiger partial charge in [-0.05, 0) is 28.7 Å². The highest BCUT2D eigenvalue weighted by molar-refractivity contribution is 5.79. The van der Waals surface area contributed by atoms with Crippen LogP contribution in [0.1, 0.15) is 68.9 Å². The van der Waals surface area contributed by atoms with Gasteiger partial charge < -0.3 is 9.64 Å². The van der Waals surface area contributed by atoms with E-state index in [1.165, 1.54) is 60.8 Å². The minimum absolute atomic E-state index is 0.128. The molecule has 0 fully saturated rings. The highest BCUT2D eigenvalue weighted by atomic mass is 16.6. The van der Waals surface area contributed by atoms with E-state index in [1.807, 2.05) is 7.05 Å². The third kappa shape index (κ3) is 4.95. The van der Waals surface area contributed by atoms with Crippen molar-refractivity contribution in [2.24, 2.45) is 0 Å². The summed E-state index contributed by atoms with van der Waals surface area (Å²) in [5.41, 5.74) is 5.03. The van der Waals surface area contributed by atoms with Gasteiger partial charge in [0, 0.05) is 19.5 Å². The smallest absolute Gasteiger partial charge is 0.409 e. The summed E-state index contributed by atoms with van der Waals surface area (Å²) < 4.78 is 5.70. The van der Waals surface area contributed by atoms with Gasteiger partial charge in [-0.1, -0.05) is 94.0 Å². The summed E-state index contributed by atoms with van der Waals surface area (Å²) in [7, 11) is 1.84. The molecule has 1 aliphatic carbocycles. The molecule has 1 aliphatic rings. The molecule has 0 saturated heterocycles. The Morgan fingerprint density at radius 1 is 0.857 bits per heavy atom. The molecule has 3 nitrogen and oxygen atoms in total. The first-order valence-corrected chi connectivity index (χ1v) is 10.8.